The van der Waals surface area contributed by atoms with Crippen molar-refractivity contribution in [2.24, 2.45) is 0 Å². The zero-order valence-electron chi connectivity index (χ0n) is 9.69. The van der Waals surface area contributed by atoms with Gasteiger partial charge in [-0.25, -0.2) is 9.59 Å². The van der Waals surface area contributed by atoms with E-state index in [1.807, 2.05) is 0 Å². The minimum Gasteiger partial charge on any atom is -0.480 e. The third-order valence-corrected chi connectivity index (χ3v) is 2.64. The molecule has 0 aromatic rings. The van der Waals surface area contributed by atoms with E-state index >= 15 is 0 Å². The maximum absolute atomic E-state index is 11.8. The number of carbonyl (C=O) groups is 2. The molecule has 7 nitrogen and oxygen atoms in total. The number of nitrogens with one attached hydrogen (secondary N) is 2. The van der Waals surface area contributed by atoms with Crippen LogP contribution in [0.25, 0.3) is 0 Å². The molecule has 98 valence electrons. The minimum absolute atomic E-state index is 0.0210. The highest BCUT2D eigenvalue weighted by atomic mass is 16.4. The summed E-state index contributed by atoms with van der Waals surface area (Å²) in [6.07, 6.45) is 0.873. The molecule has 0 unspecified atom stereocenters. The summed E-state index contributed by atoms with van der Waals surface area (Å²) in [5.74, 6) is -1.12. The van der Waals surface area contributed by atoms with E-state index in [0.717, 1.165) is 13.0 Å². The Morgan fingerprint density at radius 2 is 2.12 bits per heavy atom. The minimum atomic E-state index is -1.12. The molecule has 1 aliphatic rings. The number of carboxylic acids is 1. The zero-order chi connectivity index (χ0) is 12.7. The number of aliphatic carboxylic acids is 1. The van der Waals surface area contributed by atoms with Gasteiger partial charge in [0.25, 0.3) is 0 Å². The fourth-order valence-electron chi connectivity index (χ4n) is 1.68. The van der Waals surface area contributed by atoms with E-state index in [-0.39, 0.29) is 19.1 Å². The first-order valence-corrected chi connectivity index (χ1v) is 5.75. The van der Waals surface area contributed by atoms with Crippen LogP contribution in [0.15, 0.2) is 0 Å². The molecular formula is C10H19N3O4. The van der Waals surface area contributed by atoms with Crippen molar-refractivity contribution in [1.29, 1.82) is 0 Å². The van der Waals surface area contributed by atoms with E-state index in [4.69, 9.17) is 10.2 Å². The number of amides is 2. The van der Waals surface area contributed by atoms with Gasteiger partial charge in [-0.1, -0.05) is 0 Å². The van der Waals surface area contributed by atoms with Gasteiger partial charge >= 0.3 is 12.0 Å². The molecule has 0 bridgehead atoms. The second kappa shape index (κ2) is 7.08. The first-order valence-electron chi connectivity index (χ1n) is 5.75. The van der Waals surface area contributed by atoms with Crippen molar-refractivity contribution in [3.8, 4) is 0 Å². The fraction of sp³-hybridized carbons (Fsp3) is 0.800. The van der Waals surface area contributed by atoms with Crippen LogP contribution in [-0.4, -0.2) is 65.9 Å². The lowest BCUT2D eigenvalue weighted by Gasteiger charge is -2.23. The number of aliphatic hydroxyl groups excluding tert-OH is 1. The third-order valence-electron chi connectivity index (χ3n) is 2.64. The Balaban J connectivity index is 2.47. The first-order chi connectivity index (χ1) is 8.15. The Bertz CT molecular complexity index is 264. The second-order valence-electron chi connectivity index (χ2n) is 3.94. The lowest BCUT2D eigenvalue weighted by Crippen LogP contribution is -2.49. The van der Waals surface area contributed by atoms with Gasteiger partial charge in [0.15, 0.2) is 0 Å². The average molecular weight is 245 g/mol. The predicted octanol–water partition coefficient (Wildman–Crippen LogP) is -1.17. The van der Waals surface area contributed by atoms with Crippen LogP contribution >= 0.6 is 0 Å². The van der Waals surface area contributed by atoms with E-state index in [1.165, 1.54) is 0 Å². The van der Waals surface area contributed by atoms with E-state index in [2.05, 4.69) is 10.6 Å². The number of rotatable bonds is 4. The topological polar surface area (TPSA) is 102 Å². The van der Waals surface area contributed by atoms with Crippen molar-refractivity contribution in [3.63, 3.8) is 0 Å². The van der Waals surface area contributed by atoms with Gasteiger partial charge in [0, 0.05) is 32.7 Å². The lowest BCUT2D eigenvalue weighted by molar-refractivity contribution is -0.139. The molecule has 2 amide bonds. The lowest BCUT2D eigenvalue weighted by atomic mass is 10.2. The highest BCUT2D eigenvalue weighted by molar-refractivity contribution is 5.82. The molecule has 0 aromatic carbocycles. The molecular weight excluding hydrogens is 226 g/mol. The van der Waals surface area contributed by atoms with Crippen LogP contribution in [-0.2, 0) is 4.79 Å². The fourth-order valence-corrected chi connectivity index (χ4v) is 1.68. The number of aliphatic hydroxyl groups is 1. The molecule has 1 heterocycles. The van der Waals surface area contributed by atoms with Crippen molar-refractivity contribution in [3.05, 3.63) is 0 Å². The Labute approximate surface area is 99.8 Å². The molecule has 0 saturated carbocycles. The van der Waals surface area contributed by atoms with E-state index < -0.39 is 12.0 Å². The van der Waals surface area contributed by atoms with Gasteiger partial charge in [0.1, 0.15) is 6.04 Å². The van der Waals surface area contributed by atoms with Gasteiger partial charge in [-0.3, -0.25) is 0 Å². The second-order valence-corrected chi connectivity index (χ2v) is 3.94. The van der Waals surface area contributed by atoms with Gasteiger partial charge in [-0.2, -0.15) is 0 Å². The van der Waals surface area contributed by atoms with Crippen LogP contribution in [0.2, 0.25) is 0 Å². The summed E-state index contributed by atoms with van der Waals surface area (Å²) in [4.78, 5) is 24.2. The summed E-state index contributed by atoms with van der Waals surface area (Å²) in [5, 5.41) is 23.1. The van der Waals surface area contributed by atoms with Gasteiger partial charge < -0.3 is 25.7 Å². The molecule has 0 radical (unpaired) electrons. The van der Waals surface area contributed by atoms with E-state index in [0.29, 0.717) is 19.6 Å². The summed E-state index contributed by atoms with van der Waals surface area (Å²) in [7, 11) is 0. The molecule has 1 saturated heterocycles. The largest absolute Gasteiger partial charge is 0.480 e. The van der Waals surface area contributed by atoms with Crippen LogP contribution in [0, 0.1) is 0 Å². The first kappa shape index (κ1) is 13.7. The standard InChI is InChI=1S/C10H19N3O4/c14-7-2-8(9(15)16)12-10(17)13-5-1-3-11-4-6-13/h8,11,14H,1-7H2,(H,12,17)(H,15,16)/t8-/m0/s1. The molecule has 0 aliphatic carbocycles. The highest BCUT2D eigenvalue weighted by Crippen LogP contribution is 1.99. The Morgan fingerprint density at radius 1 is 1.35 bits per heavy atom. The Kier molecular flexibility index (Phi) is 5.71. The maximum Gasteiger partial charge on any atom is 0.326 e. The molecule has 17 heavy (non-hydrogen) atoms. The molecule has 7 heteroatoms. The highest BCUT2D eigenvalue weighted by Gasteiger charge is 2.22. The Morgan fingerprint density at radius 3 is 2.76 bits per heavy atom. The summed E-state index contributed by atoms with van der Waals surface area (Å²) in [5.41, 5.74) is 0. The quantitative estimate of drug-likeness (QED) is 0.500. The normalized spacial score (nSPS) is 18.3. The third kappa shape index (κ3) is 4.58. The molecule has 0 spiro atoms. The number of hydrogen-bond donors (Lipinski definition) is 4. The van der Waals surface area contributed by atoms with Crippen LogP contribution in [0.1, 0.15) is 12.8 Å². The number of carbonyl (C=O) groups excluding carboxylic acids is 1. The van der Waals surface area contributed by atoms with Crippen molar-refractivity contribution in [2.75, 3.05) is 32.8 Å². The molecule has 1 aliphatic heterocycles. The SMILES string of the molecule is O=C(O)[C@H](CCO)NC(=O)N1CCCNCC1. The van der Waals surface area contributed by atoms with Crippen molar-refractivity contribution in [2.45, 2.75) is 18.9 Å². The zero-order valence-corrected chi connectivity index (χ0v) is 9.69. The molecule has 4 N–H and O–H groups in total. The number of hydrogen-bond acceptors (Lipinski definition) is 4. The molecule has 1 fully saturated rings. The maximum atomic E-state index is 11.8. The Hall–Kier alpha value is -1.34. The predicted molar refractivity (Wildman–Crippen MR) is 60.7 cm³/mol. The van der Waals surface area contributed by atoms with Crippen LogP contribution in [0.4, 0.5) is 4.79 Å². The van der Waals surface area contributed by atoms with Gasteiger partial charge in [-0.05, 0) is 13.0 Å². The van der Waals surface area contributed by atoms with Crippen LogP contribution in [0.3, 0.4) is 0 Å². The average Bonchev–Trinajstić information content (AvgIpc) is 2.56. The molecule has 0 aromatic heterocycles. The van der Waals surface area contributed by atoms with Crippen molar-refractivity contribution < 1.29 is 19.8 Å². The summed E-state index contributed by atoms with van der Waals surface area (Å²) < 4.78 is 0. The smallest absolute Gasteiger partial charge is 0.326 e. The molecule has 1 atom stereocenters. The van der Waals surface area contributed by atoms with Crippen molar-refractivity contribution in [1.82, 2.24) is 15.5 Å². The number of nitrogens with zero attached hydrogens (tertiary/aromatic N) is 1. The summed E-state index contributed by atoms with van der Waals surface area (Å²) in [6.45, 7) is 2.49. The summed E-state index contributed by atoms with van der Waals surface area (Å²) in [6, 6.07) is -1.40. The van der Waals surface area contributed by atoms with Crippen LogP contribution in [0.5, 0.6) is 0 Å². The van der Waals surface area contributed by atoms with Gasteiger partial charge in [0.2, 0.25) is 0 Å². The number of urea groups is 1. The van der Waals surface area contributed by atoms with E-state index in [9.17, 15) is 9.59 Å². The summed E-state index contributed by atoms with van der Waals surface area (Å²) >= 11 is 0. The monoisotopic (exact) mass is 245 g/mol. The van der Waals surface area contributed by atoms with Gasteiger partial charge in [0.05, 0.1) is 0 Å². The molecule has 1 rings (SSSR count). The van der Waals surface area contributed by atoms with E-state index in [1.54, 1.807) is 4.90 Å². The van der Waals surface area contributed by atoms with Crippen LogP contribution < -0.4 is 10.6 Å². The van der Waals surface area contributed by atoms with Crippen molar-refractivity contribution >= 4 is 12.0 Å². The van der Waals surface area contributed by atoms with Gasteiger partial charge in [-0.15, -0.1) is 0 Å². The number of carboxylic acid groups (broad SMARTS) is 1.